The minimum atomic E-state index is 0.428. The van der Waals surface area contributed by atoms with Crippen LogP contribution in [0.4, 0.5) is 0 Å². The van der Waals surface area contributed by atoms with E-state index in [4.69, 9.17) is 0 Å². The fourth-order valence-electron chi connectivity index (χ4n) is 5.52. The van der Waals surface area contributed by atoms with Gasteiger partial charge in [-0.15, -0.1) is 0 Å². The lowest BCUT2D eigenvalue weighted by atomic mass is 9.50. The molecule has 0 radical (unpaired) electrons. The van der Waals surface area contributed by atoms with Gasteiger partial charge in [-0.2, -0.15) is 0 Å². The lowest BCUT2D eigenvalue weighted by Crippen LogP contribution is -2.48. The summed E-state index contributed by atoms with van der Waals surface area (Å²) in [5, 5.41) is 0. The number of Topliss-reactive ketones (excluding diaryl/α,β-unsaturated/α-hetero) is 1. The summed E-state index contributed by atoms with van der Waals surface area (Å²) >= 11 is 0. The maximum Gasteiger partial charge on any atom is 0.140 e. The average molecular weight is 230 g/mol. The zero-order valence-electron chi connectivity index (χ0n) is 10.5. The second kappa shape index (κ2) is 3.70. The van der Waals surface area contributed by atoms with Gasteiger partial charge in [-0.3, -0.25) is 4.79 Å². The standard InChI is InChI=1S/C16H22O/c17-14-9-7-12-5-4-10-2-1-3-11-6-8-13(14)16(12)15(10)11/h7,10-11,13,15-16H,1-6,8-9H2. The van der Waals surface area contributed by atoms with Crippen LogP contribution in [0.2, 0.25) is 0 Å². The first kappa shape index (κ1) is 10.3. The summed E-state index contributed by atoms with van der Waals surface area (Å²) in [5.41, 5.74) is 1.68. The Morgan fingerprint density at radius 2 is 1.82 bits per heavy atom. The van der Waals surface area contributed by atoms with Crippen LogP contribution >= 0.6 is 0 Å². The molecule has 17 heavy (non-hydrogen) atoms. The second-order valence-corrected chi connectivity index (χ2v) is 6.73. The van der Waals surface area contributed by atoms with E-state index in [1.807, 2.05) is 0 Å². The van der Waals surface area contributed by atoms with Crippen LogP contribution in [0.15, 0.2) is 11.6 Å². The normalized spacial score (nSPS) is 48.4. The van der Waals surface area contributed by atoms with E-state index < -0.39 is 0 Å². The van der Waals surface area contributed by atoms with Crippen LogP contribution in [0.1, 0.15) is 51.4 Å². The van der Waals surface area contributed by atoms with Crippen molar-refractivity contribution in [3.05, 3.63) is 11.6 Å². The molecule has 5 atom stereocenters. The minimum Gasteiger partial charge on any atom is -0.299 e. The quantitative estimate of drug-likeness (QED) is 0.579. The average Bonchev–Trinajstić information content (AvgIpc) is 2.38. The third-order valence-electron chi connectivity index (χ3n) is 6.15. The van der Waals surface area contributed by atoms with E-state index >= 15 is 0 Å². The lowest BCUT2D eigenvalue weighted by Gasteiger charge is -2.54. The van der Waals surface area contributed by atoms with Crippen LogP contribution < -0.4 is 0 Å². The first-order chi connectivity index (χ1) is 8.34. The van der Waals surface area contributed by atoms with Crippen molar-refractivity contribution < 1.29 is 4.79 Å². The van der Waals surface area contributed by atoms with E-state index in [2.05, 4.69) is 6.08 Å². The SMILES string of the molecule is O=C1CC=C2CCC3CCCC4CCC1C2C34. The summed E-state index contributed by atoms with van der Waals surface area (Å²) < 4.78 is 0. The Morgan fingerprint density at radius 3 is 2.71 bits per heavy atom. The highest BCUT2D eigenvalue weighted by Crippen LogP contribution is 2.57. The van der Waals surface area contributed by atoms with Crippen LogP contribution in [0, 0.1) is 29.6 Å². The molecule has 0 N–H and O–H groups in total. The zero-order valence-corrected chi connectivity index (χ0v) is 10.5. The molecule has 92 valence electrons. The summed E-state index contributed by atoms with van der Waals surface area (Å²) in [7, 11) is 0. The molecule has 0 saturated heterocycles. The Kier molecular flexibility index (Phi) is 2.25. The number of ketones is 1. The van der Waals surface area contributed by atoms with Crippen molar-refractivity contribution in [3.8, 4) is 0 Å². The van der Waals surface area contributed by atoms with Gasteiger partial charge in [0.25, 0.3) is 0 Å². The third kappa shape index (κ3) is 1.41. The molecule has 0 bridgehead atoms. The van der Waals surface area contributed by atoms with Gasteiger partial charge in [-0.25, -0.2) is 0 Å². The number of rotatable bonds is 0. The molecule has 0 heterocycles. The van der Waals surface area contributed by atoms with Crippen molar-refractivity contribution in [2.24, 2.45) is 29.6 Å². The molecule has 4 rings (SSSR count). The van der Waals surface area contributed by atoms with Crippen LogP contribution in [0.5, 0.6) is 0 Å². The van der Waals surface area contributed by atoms with Gasteiger partial charge < -0.3 is 0 Å². The Morgan fingerprint density at radius 1 is 1.00 bits per heavy atom. The molecule has 0 spiro atoms. The Balaban J connectivity index is 1.76. The summed E-state index contributed by atoms with van der Waals surface area (Å²) in [6.07, 6.45) is 12.7. The van der Waals surface area contributed by atoms with Crippen molar-refractivity contribution >= 4 is 5.78 Å². The molecule has 4 aliphatic rings. The molecular formula is C16H22O. The number of hydrogen-bond donors (Lipinski definition) is 0. The number of carbonyl (C=O) groups excluding carboxylic acids is 1. The van der Waals surface area contributed by atoms with Gasteiger partial charge in [0.05, 0.1) is 0 Å². The molecule has 0 aliphatic heterocycles. The molecule has 0 aromatic rings. The highest BCUT2D eigenvalue weighted by molar-refractivity contribution is 5.84. The molecule has 1 nitrogen and oxygen atoms in total. The van der Waals surface area contributed by atoms with Gasteiger partial charge in [-0.1, -0.05) is 30.9 Å². The van der Waals surface area contributed by atoms with Crippen molar-refractivity contribution in [3.63, 3.8) is 0 Å². The molecule has 3 fully saturated rings. The van der Waals surface area contributed by atoms with Crippen LogP contribution in [-0.2, 0) is 4.79 Å². The van der Waals surface area contributed by atoms with Gasteiger partial charge in [0.15, 0.2) is 0 Å². The number of carbonyl (C=O) groups is 1. The fraction of sp³-hybridized carbons (Fsp3) is 0.812. The van der Waals surface area contributed by atoms with Gasteiger partial charge in [0, 0.05) is 12.3 Å². The third-order valence-corrected chi connectivity index (χ3v) is 6.15. The van der Waals surface area contributed by atoms with E-state index in [0.29, 0.717) is 17.6 Å². The van der Waals surface area contributed by atoms with Gasteiger partial charge in [0.2, 0.25) is 0 Å². The monoisotopic (exact) mass is 230 g/mol. The highest BCUT2D eigenvalue weighted by atomic mass is 16.1. The van der Waals surface area contributed by atoms with Gasteiger partial charge >= 0.3 is 0 Å². The van der Waals surface area contributed by atoms with E-state index in [-0.39, 0.29) is 0 Å². The summed E-state index contributed by atoms with van der Waals surface area (Å²) in [6.45, 7) is 0. The van der Waals surface area contributed by atoms with Crippen molar-refractivity contribution in [1.29, 1.82) is 0 Å². The first-order valence-electron chi connectivity index (χ1n) is 7.56. The molecule has 0 aromatic heterocycles. The topological polar surface area (TPSA) is 17.1 Å². The summed E-state index contributed by atoms with van der Waals surface area (Å²) in [4.78, 5) is 12.1. The number of allylic oxidation sites excluding steroid dienone is 2. The first-order valence-corrected chi connectivity index (χ1v) is 7.56. The van der Waals surface area contributed by atoms with Gasteiger partial charge in [0.1, 0.15) is 5.78 Å². The van der Waals surface area contributed by atoms with Crippen LogP contribution in [-0.4, -0.2) is 5.78 Å². The van der Waals surface area contributed by atoms with Gasteiger partial charge in [-0.05, 0) is 49.4 Å². The summed E-state index contributed by atoms with van der Waals surface area (Å²) in [6, 6.07) is 0. The zero-order chi connectivity index (χ0) is 11.4. The van der Waals surface area contributed by atoms with Crippen molar-refractivity contribution in [2.45, 2.75) is 51.4 Å². The van der Waals surface area contributed by atoms with E-state index in [9.17, 15) is 4.79 Å². The predicted molar refractivity (Wildman–Crippen MR) is 67.5 cm³/mol. The Hall–Kier alpha value is -0.590. The minimum absolute atomic E-state index is 0.428. The highest BCUT2D eigenvalue weighted by Gasteiger charge is 2.50. The molecule has 4 aliphatic carbocycles. The lowest BCUT2D eigenvalue weighted by molar-refractivity contribution is -0.129. The molecule has 1 heteroatoms. The van der Waals surface area contributed by atoms with Crippen molar-refractivity contribution in [1.82, 2.24) is 0 Å². The predicted octanol–water partition coefficient (Wildman–Crippen LogP) is 3.74. The fourth-order valence-corrected chi connectivity index (χ4v) is 5.52. The molecule has 5 unspecified atom stereocenters. The molecule has 0 amide bonds. The largest absolute Gasteiger partial charge is 0.299 e. The summed E-state index contributed by atoms with van der Waals surface area (Å²) in [5.74, 6) is 4.50. The van der Waals surface area contributed by atoms with Crippen molar-refractivity contribution in [2.75, 3.05) is 0 Å². The Labute approximate surface area is 104 Å². The number of hydrogen-bond acceptors (Lipinski definition) is 1. The van der Waals surface area contributed by atoms with Crippen LogP contribution in [0.25, 0.3) is 0 Å². The van der Waals surface area contributed by atoms with E-state index in [1.165, 1.54) is 44.9 Å². The molecule has 0 aromatic carbocycles. The maximum absolute atomic E-state index is 12.1. The Bertz CT molecular complexity index is 375. The molecular weight excluding hydrogens is 208 g/mol. The smallest absolute Gasteiger partial charge is 0.140 e. The second-order valence-electron chi connectivity index (χ2n) is 6.73. The van der Waals surface area contributed by atoms with E-state index in [1.54, 1.807) is 5.57 Å². The molecule has 3 saturated carbocycles. The van der Waals surface area contributed by atoms with E-state index in [0.717, 1.165) is 24.2 Å². The maximum atomic E-state index is 12.1. The van der Waals surface area contributed by atoms with Crippen LogP contribution in [0.3, 0.4) is 0 Å².